The number of allylic oxidation sites excluding steroid dienone is 6. The fraction of sp³-hybridized carbons (Fsp3) is 0.884. The van der Waals surface area contributed by atoms with Crippen molar-refractivity contribution in [1.82, 2.24) is 0 Å². The molecule has 0 N–H and O–H groups in total. The summed E-state index contributed by atoms with van der Waals surface area (Å²) in [6.07, 6.45) is 76.6. The van der Waals surface area contributed by atoms with Crippen molar-refractivity contribution in [3.8, 4) is 0 Å². The van der Waals surface area contributed by atoms with Gasteiger partial charge in [0, 0.05) is 12.8 Å². The van der Waals surface area contributed by atoms with E-state index in [4.69, 9.17) is 18.5 Å². The first-order valence-corrected chi connectivity index (χ1v) is 35.7. The topological polar surface area (TPSA) is 111 Å². The third-order valence-electron chi connectivity index (χ3n) is 15.4. The van der Waals surface area contributed by atoms with Crippen LogP contribution in [0, 0.1) is 0 Å². The van der Waals surface area contributed by atoms with Gasteiger partial charge in [0.25, 0.3) is 7.82 Å². The van der Waals surface area contributed by atoms with Gasteiger partial charge in [0.15, 0.2) is 6.10 Å². The van der Waals surface area contributed by atoms with Gasteiger partial charge in [0.1, 0.15) is 19.8 Å². The van der Waals surface area contributed by atoms with E-state index in [1.54, 1.807) is 0 Å². The van der Waals surface area contributed by atoms with Gasteiger partial charge in [0.2, 0.25) is 0 Å². The molecule has 0 fully saturated rings. The Kier molecular flexibility index (Phi) is 59.4. The minimum atomic E-state index is -4.63. The SMILES string of the molecule is CCCCCCC/C=C\C/C=C\C/C=C\CCCCCCCCCCCCCCCCCCCCCCCCC(=O)OC(COC(=O)CCCCCCCCCCCCCCCCCCCC)COP(=O)([O-])OCC[N+](C)(C)C. The molecule has 466 valence electrons. The summed E-state index contributed by atoms with van der Waals surface area (Å²) in [5.74, 6) is -0.812. The molecular formula is C69H132NO8P. The summed E-state index contributed by atoms with van der Waals surface area (Å²) in [5.41, 5.74) is 0. The predicted octanol–water partition coefficient (Wildman–Crippen LogP) is 21.3. The lowest BCUT2D eigenvalue weighted by Crippen LogP contribution is -2.37. The number of carbonyl (C=O) groups excluding carboxylic acids is 2. The number of nitrogens with zero attached hydrogens (tertiary/aromatic N) is 1. The van der Waals surface area contributed by atoms with Crippen molar-refractivity contribution >= 4 is 19.8 Å². The van der Waals surface area contributed by atoms with Crippen molar-refractivity contribution in [1.29, 1.82) is 0 Å². The molecule has 9 nitrogen and oxygen atoms in total. The molecule has 79 heavy (non-hydrogen) atoms. The third kappa shape index (κ3) is 65.3. The van der Waals surface area contributed by atoms with Crippen LogP contribution in [0.15, 0.2) is 36.5 Å². The second-order valence-corrected chi connectivity index (χ2v) is 26.0. The van der Waals surface area contributed by atoms with Gasteiger partial charge >= 0.3 is 11.9 Å². The van der Waals surface area contributed by atoms with E-state index in [-0.39, 0.29) is 32.0 Å². The Hall–Kier alpha value is -1.77. The van der Waals surface area contributed by atoms with Crippen molar-refractivity contribution in [3.63, 3.8) is 0 Å². The number of quaternary nitrogens is 1. The zero-order valence-electron chi connectivity index (χ0n) is 53.1. The number of unbranched alkanes of at least 4 members (excludes halogenated alkanes) is 44. The maximum Gasteiger partial charge on any atom is 0.306 e. The van der Waals surface area contributed by atoms with E-state index in [9.17, 15) is 19.0 Å². The van der Waals surface area contributed by atoms with Crippen LogP contribution in [-0.2, 0) is 32.7 Å². The maximum atomic E-state index is 12.8. The largest absolute Gasteiger partial charge is 0.756 e. The van der Waals surface area contributed by atoms with Gasteiger partial charge in [-0.15, -0.1) is 0 Å². The Morgan fingerprint density at radius 3 is 1.01 bits per heavy atom. The molecule has 0 bridgehead atoms. The summed E-state index contributed by atoms with van der Waals surface area (Å²) < 4.78 is 34.3. The quantitative estimate of drug-likeness (QED) is 0.0195. The number of ether oxygens (including phenoxy) is 2. The molecule has 0 rings (SSSR count). The number of phosphoric acid groups is 1. The van der Waals surface area contributed by atoms with Crippen molar-refractivity contribution < 1.29 is 42.1 Å². The van der Waals surface area contributed by atoms with Crippen molar-refractivity contribution in [2.24, 2.45) is 0 Å². The number of esters is 2. The predicted molar refractivity (Wildman–Crippen MR) is 337 cm³/mol. The van der Waals surface area contributed by atoms with E-state index < -0.39 is 26.5 Å². The summed E-state index contributed by atoms with van der Waals surface area (Å²) in [4.78, 5) is 38.0. The molecule has 0 aliphatic rings. The molecule has 0 saturated carbocycles. The first-order valence-electron chi connectivity index (χ1n) is 34.2. The smallest absolute Gasteiger partial charge is 0.306 e. The van der Waals surface area contributed by atoms with Gasteiger partial charge in [-0.1, -0.05) is 314 Å². The van der Waals surface area contributed by atoms with Crippen LogP contribution in [0.3, 0.4) is 0 Å². The molecule has 0 saturated heterocycles. The maximum absolute atomic E-state index is 12.8. The molecule has 0 aromatic heterocycles. The molecule has 0 spiro atoms. The Labute approximate surface area is 491 Å². The van der Waals surface area contributed by atoms with Gasteiger partial charge in [-0.05, 0) is 51.4 Å². The summed E-state index contributed by atoms with van der Waals surface area (Å²) in [5, 5.41) is 0. The Morgan fingerprint density at radius 1 is 0.392 bits per heavy atom. The zero-order chi connectivity index (χ0) is 57.7. The van der Waals surface area contributed by atoms with E-state index in [0.717, 1.165) is 44.9 Å². The van der Waals surface area contributed by atoms with Gasteiger partial charge < -0.3 is 27.9 Å². The molecular weight excluding hydrogens is 1000 g/mol. The summed E-state index contributed by atoms with van der Waals surface area (Å²) in [6.45, 7) is 4.29. The number of hydrogen-bond donors (Lipinski definition) is 0. The van der Waals surface area contributed by atoms with Crippen LogP contribution in [0.25, 0.3) is 0 Å². The Morgan fingerprint density at radius 2 is 0.684 bits per heavy atom. The monoisotopic (exact) mass is 1130 g/mol. The Balaban J connectivity index is 3.94. The molecule has 0 heterocycles. The van der Waals surface area contributed by atoms with Gasteiger partial charge in [-0.3, -0.25) is 14.2 Å². The average molecular weight is 1130 g/mol. The highest BCUT2D eigenvalue weighted by atomic mass is 31.2. The molecule has 0 radical (unpaired) electrons. The Bertz CT molecular complexity index is 1430. The molecule has 2 atom stereocenters. The lowest BCUT2D eigenvalue weighted by Gasteiger charge is -2.28. The van der Waals surface area contributed by atoms with Crippen LogP contribution in [0.2, 0.25) is 0 Å². The second-order valence-electron chi connectivity index (χ2n) is 24.6. The second kappa shape index (κ2) is 60.8. The number of carbonyl (C=O) groups is 2. The first kappa shape index (κ1) is 77.2. The van der Waals surface area contributed by atoms with E-state index in [2.05, 4.69) is 50.3 Å². The molecule has 0 aromatic carbocycles. The highest BCUT2D eigenvalue weighted by Gasteiger charge is 2.22. The molecule has 0 aromatic rings. The van der Waals surface area contributed by atoms with E-state index in [1.807, 2.05) is 21.1 Å². The van der Waals surface area contributed by atoms with Crippen LogP contribution in [0.4, 0.5) is 0 Å². The first-order chi connectivity index (χ1) is 38.5. The number of hydrogen-bond acceptors (Lipinski definition) is 8. The highest BCUT2D eigenvalue weighted by molar-refractivity contribution is 7.45. The minimum Gasteiger partial charge on any atom is -0.756 e. The van der Waals surface area contributed by atoms with Crippen molar-refractivity contribution in [3.05, 3.63) is 36.5 Å². The molecule has 10 heteroatoms. The van der Waals surface area contributed by atoms with Crippen LogP contribution < -0.4 is 4.89 Å². The number of rotatable bonds is 64. The lowest BCUT2D eigenvalue weighted by molar-refractivity contribution is -0.870. The molecule has 0 amide bonds. The van der Waals surface area contributed by atoms with Gasteiger partial charge in [-0.25, -0.2) is 0 Å². The highest BCUT2D eigenvalue weighted by Crippen LogP contribution is 2.38. The molecule has 0 aliphatic heterocycles. The van der Waals surface area contributed by atoms with Crippen LogP contribution in [-0.4, -0.2) is 70.0 Å². The van der Waals surface area contributed by atoms with E-state index >= 15 is 0 Å². The third-order valence-corrected chi connectivity index (χ3v) is 16.4. The standard InChI is InChI=1S/C69H132NO8P/c1-6-8-10-12-14-16-18-20-22-24-26-27-28-29-30-31-32-33-34-35-36-37-38-39-40-41-42-43-44-46-48-50-52-54-56-58-60-62-69(72)78-67(66-77-79(73,74)76-64-63-70(3,4)5)65-75-68(71)61-59-57-55-53-51-49-47-45-25-23-21-19-17-15-13-11-9-7-2/h18,20,24,26,28-29,67H,6-17,19,21-23,25,27,30-66H2,1-5H3/b20-18-,26-24-,29-28-. The van der Waals surface area contributed by atoms with E-state index in [1.165, 1.54) is 263 Å². The lowest BCUT2D eigenvalue weighted by atomic mass is 10.0. The van der Waals surface area contributed by atoms with Crippen molar-refractivity contribution in [2.45, 2.75) is 347 Å². The normalized spacial score (nSPS) is 13.3. The van der Waals surface area contributed by atoms with Crippen LogP contribution in [0.1, 0.15) is 341 Å². The van der Waals surface area contributed by atoms with Crippen molar-refractivity contribution in [2.75, 3.05) is 47.5 Å². The van der Waals surface area contributed by atoms with E-state index in [0.29, 0.717) is 17.4 Å². The van der Waals surface area contributed by atoms with Crippen LogP contribution in [0.5, 0.6) is 0 Å². The average Bonchev–Trinajstić information content (AvgIpc) is 3.41. The number of likely N-dealkylation sites (N-methyl/N-ethyl adjacent to an activating group) is 1. The van der Waals surface area contributed by atoms with Gasteiger partial charge in [0.05, 0.1) is 27.7 Å². The molecule has 0 aliphatic carbocycles. The fourth-order valence-electron chi connectivity index (χ4n) is 10.1. The fourth-order valence-corrected chi connectivity index (χ4v) is 10.9. The zero-order valence-corrected chi connectivity index (χ0v) is 54.0. The number of phosphoric ester groups is 1. The van der Waals surface area contributed by atoms with Gasteiger partial charge in [-0.2, -0.15) is 0 Å². The van der Waals surface area contributed by atoms with Crippen LogP contribution >= 0.6 is 7.82 Å². The summed E-state index contributed by atoms with van der Waals surface area (Å²) >= 11 is 0. The molecule has 2 unspecified atom stereocenters. The summed E-state index contributed by atoms with van der Waals surface area (Å²) in [7, 11) is 1.19. The summed E-state index contributed by atoms with van der Waals surface area (Å²) in [6, 6.07) is 0. The minimum absolute atomic E-state index is 0.0272.